The third kappa shape index (κ3) is 2.72. The van der Waals surface area contributed by atoms with Crippen LogP contribution in [0, 0.1) is 0 Å². The van der Waals surface area contributed by atoms with E-state index in [1.165, 1.54) is 0 Å². The first-order chi connectivity index (χ1) is 9.82. The summed E-state index contributed by atoms with van der Waals surface area (Å²) in [5.74, 6) is 0. The molecule has 0 aliphatic rings. The van der Waals surface area contributed by atoms with E-state index in [0.717, 1.165) is 16.7 Å². The fourth-order valence-electron chi connectivity index (χ4n) is 2.60. The number of rotatable bonds is 3. The molecule has 0 radical (unpaired) electrons. The van der Waals surface area contributed by atoms with Crippen LogP contribution in [-0.2, 0) is 5.54 Å². The lowest BCUT2D eigenvalue weighted by atomic mass is 9.78. The van der Waals surface area contributed by atoms with Crippen LogP contribution in [0.4, 0.5) is 0 Å². The van der Waals surface area contributed by atoms with Crippen molar-refractivity contribution in [3.05, 3.63) is 108 Å². The zero-order valence-corrected chi connectivity index (χ0v) is 11.7. The second kappa shape index (κ2) is 6.35. The van der Waals surface area contributed by atoms with E-state index in [9.17, 15) is 0 Å². The fraction of sp³-hybridized carbons (Fsp3) is 0.0526. The Balaban J connectivity index is 0.00000161. The molecule has 3 aromatic carbocycles. The first kappa shape index (κ1) is 15.0. The molecule has 0 bridgehead atoms. The first-order valence-electron chi connectivity index (χ1n) is 6.77. The molecule has 2 heteroatoms. The minimum absolute atomic E-state index is 0. The average molecular weight is 277 g/mol. The lowest BCUT2D eigenvalue weighted by Gasteiger charge is -2.31. The van der Waals surface area contributed by atoms with E-state index in [-0.39, 0.29) is 5.48 Å². The van der Waals surface area contributed by atoms with Gasteiger partial charge >= 0.3 is 0 Å². The zero-order valence-electron chi connectivity index (χ0n) is 11.7. The zero-order chi connectivity index (χ0) is 13.8. The van der Waals surface area contributed by atoms with E-state index in [1.54, 1.807) is 0 Å². The Morgan fingerprint density at radius 2 is 0.714 bits per heavy atom. The number of nitrogens with two attached hydrogens (primary N) is 1. The number of hydrogen-bond donors (Lipinski definition) is 1. The van der Waals surface area contributed by atoms with Gasteiger partial charge in [-0.3, -0.25) is 0 Å². The Bertz CT molecular complexity index is 569. The quantitative estimate of drug-likeness (QED) is 0.735. The predicted octanol–water partition coefficient (Wildman–Crippen LogP) is 3.11. The van der Waals surface area contributed by atoms with Crippen LogP contribution in [0.1, 0.15) is 16.7 Å². The lowest BCUT2D eigenvalue weighted by molar-refractivity contribution is 0.653. The second-order valence-electron chi connectivity index (χ2n) is 4.91. The molecule has 0 aromatic heterocycles. The highest BCUT2D eigenvalue weighted by Gasteiger charge is 2.31. The third-order valence-corrected chi connectivity index (χ3v) is 3.69. The molecule has 0 atom stereocenters. The van der Waals surface area contributed by atoms with Crippen LogP contribution < -0.4 is 5.73 Å². The fourth-order valence-corrected chi connectivity index (χ4v) is 2.60. The van der Waals surface area contributed by atoms with Crippen LogP contribution >= 0.6 is 0 Å². The minimum Gasteiger partial charge on any atom is -0.412 e. The summed E-state index contributed by atoms with van der Waals surface area (Å²) in [7, 11) is 0. The molecule has 21 heavy (non-hydrogen) atoms. The molecule has 0 spiro atoms. The maximum Gasteiger partial charge on any atom is 0.0922 e. The van der Waals surface area contributed by atoms with Crippen LogP contribution in [0.2, 0.25) is 0 Å². The smallest absolute Gasteiger partial charge is 0.0922 e. The number of benzene rings is 3. The predicted molar refractivity (Wildman–Crippen MR) is 87.0 cm³/mol. The average Bonchev–Trinajstić information content (AvgIpc) is 2.56. The monoisotopic (exact) mass is 277 g/mol. The van der Waals surface area contributed by atoms with Gasteiger partial charge < -0.3 is 11.2 Å². The molecule has 0 aliphatic heterocycles. The highest BCUT2D eigenvalue weighted by molar-refractivity contribution is 5.48. The van der Waals surface area contributed by atoms with E-state index >= 15 is 0 Å². The molecule has 0 heterocycles. The van der Waals surface area contributed by atoms with Gasteiger partial charge in [-0.1, -0.05) is 91.0 Å². The molecule has 0 aliphatic carbocycles. The van der Waals surface area contributed by atoms with Crippen molar-refractivity contribution in [2.75, 3.05) is 0 Å². The third-order valence-electron chi connectivity index (χ3n) is 3.69. The van der Waals surface area contributed by atoms with Gasteiger partial charge in [-0.05, 0) is 16.7 Å². The van der Waals surface area contributed by atoms with Gasteiger partial charge in [0, 0.05) is 0 Å². The van der Waals surface area contributed by atoms with Gasteiger partial charge in [-0.15, -0.1) is 0 Å². The molecule has 4 N–H and O–H groups in total. The summed E-state index contributed by atoms with van der Waals surface area (Å²) in [4.78, 5) is 0. The normalized spacial score (nSPS) is 10.7. The van der Waals surface area contributed by atoms with Gasteiger partial charge in [-0.25, -0.2) is 0 Å². The van der Waals surface area contributed by atoms with E-state index in [0.29, 0.717) is 0 Å². The molecule has 106 valence electrons. The van der Waals surface area contributed by atoms with Crippen molar-refractivity contribution >= 4 is 0 Å². The van der Waals surface area contributed by atoms with Gasteiger partial charge in [0.05, 0.1) is 5.54 Å². The van der Waals surface area contributed by atoms with Gasteiger partial charge in [0.2, 0.25) is 0 Å². The largest absolute Gasteiger partial charge is 0.412 e. The van der Waals surface area contributed by atoms with Crippen LogP contribution in [0.15, 0.2) is 91.0 Å². The Morgan fingerprint density at radius 3 is 0.952 bits per heavy atom. The molecular weight excluding hydrogens is 258 g/mol. The van der Waals surface area contributed by atoms with Crippen LogP contribution in [-0.4, -0.2) is 5.48 Å². The molecule has 0 fully saturated rings. The highest BCUT2D eigenvalue weighted by atomic mass is 16.0. The topological polar surface area (TPSA) is 57.5 Å². The molecule has 2 nitrogen and oxygen atoms in total. The standard InChI is InChI=1S/C19H17N.H2O/c20-19(16-10-4-1-5-11-16,17-12-6-2-7-13-17)18-14-8-3-9-15-18;/h1-15H,20H2;1H2. The molecule has 3 aromatic rings. The van der Waals surface area contributed by atoms with Crippen molar-refractivity contribution in [1.29, 1.82) is 0 Å². The molecule has 0 saturated heterocycles. The maximum absolute atomic E-state index is 6.86. The summed E-state index contributed by atoms with van der Waals surface area (Å²) < 4.78 is 0. The Morgan fingerprint density at radius 1 is 0.476 bits per heavy atom. The van der Waals surface area contributed by atoms with Gasteiger partial charge in [0.15, 0.2) is 0 Å². The van der Waals surface area contributed by atoms with Crippen molar-refractivity contribution in [2.24, 2.45) is 5.73 Å². The molecule has 0 amide bonds. The Hall–Kier alpha value is -2.42. The van der Waals surface area contributed by atoms with E-state index in [2.05, 4.69) is 36.4 Å². The van der Waals surface area contributed by atoms with Gasteiger partial charge in [0.1, 0.15) is 0 Å². The van der Waals surface area contributed by atoms with Crippen LogP contribution in [0.5, 0.6) is 0 Å². The summed E-state index contributed by atoms with van der Waals surface area (Å²) in [5.41, 5.74) is 9.53. The van der Waals surface area contributed by atoms with Crippen molar-refractivity contribution in [2.45, 2.75) is 5.54 Å². The highest BCUT2D eigenvalue weighted by Crippen LogP contribution is 2.33. The Kier molecular flexibility index (Phi) is 4.53. The summed E-state index contributed by atoms with van der Waals surface area (Å²) in [6.07, 6.45) is 0. The van der Waals surface area contributed by atoms with Crippen molar-refractivity contribution in [1.82, 2.24) is 0 Å². The molecule has 0 saturated carbocycles. The molecule has 0 unspecified atom stereocenters. The minimum atomic E-state index is -0.621. The van der Waals surface area contributed by atoms with Crippen LogP contribution in [0.3, 0.4) is 0 Å². The van der Waals surface area contributed by atoms with E-state index in [1.807, 2.05) is 54.6 Å². The van der Waals surface area contributed by atoms with E-state index in [4.69, 9.17) is 5.73 Å². The summed E-state index contributed by atoms with van der Waals surface area (Å²) >= 11 is 0. The number of hydrogen-bond acceptors (Lipinski definition) is 1. The van der Waals surface area contributed by atoms with E-state index < -0.39 is 5.54 Å². The summed E-state index contributed by atoms with van der Waals surface area (Å²) in [5, 5.41) is 0. The van der Waals surface area contributed by atoms with Gasteiger partial charge in [0.25, 0.3) is 0 Å². The molecule has 3 rings (SSSR count). The SMILES string of the molecule is NC(c1ccccc1)(c1ccccc1)c1ccccc1.O. The summed E-state index contributed by atoms with van der Waals surface area (Å²) in [6, 6.07) is 30.7. The first-order valence-corrected chi connectivity index (χ1v) is 6.77. The van der Waals surface area contributed by atoms with Crippen molar-refractivity contribution in [3.63, 3.8) is 0 Å². The van der Waals surface area contributed by atoms with Crippen LogP contribution in [0.25, 0.3) is 0 Å². The van der Waals surface area contributed by atoms with Crippen molar-refractivity contribution < 1.29 is 5.48 Å². The lowest BCUT2D eigenvalue weighted by Crippen LogP contribution is -2.39. The Labute approximate surface area is 125 Å². The van der Waals surface area contributed by atoms with Gasteiger partial charge in [-0.2, -0.15) is 0 Å². The summed E-state index contributed by atoms with van der Waals surface area (Å²) in [6.45, 7) is 0. The second-order valence-corrected chi connectivity index (χ2v) is 4.91. The van der Waals surface area contributed by atoms with Crippen molar-refractivity contribution in [3.8, 4) is 0 Å². The maximum atomic E-state index is 6.86. The molecular formula is C19H19NO.